The molecule has 0 saturated carbocycles. The number of esters is 1. The summed E-state index contributed by atoms with van der Waals surface area (Å²) in [6, 6.07) is 10.9. The molecule has 2 aromatic carbocycles. The standard InChI is InChI=1S/C24H25FN2O5/c1-14(2)12-20(27-22(29)18-6-4-5-7-19(18)23(27)30)24(31)32-15(3)21(28)26-13-16-8-10-17(25)11-9-16/h4-11,14-15,20H,12-13H2,1-3H3,(H,26,28). The van der Waals surface area contributed by atoms with E-state index in [-0.39, 0.29) is 35.8 Å². The number of hydrogen-bond acceptors (Lipinski definition) is 5. The van der Waals surface area contributed by atoms with Gasteiger partial charge in [0.05, 0.1) is 11.1 Å². The molecule has 7 nitrogen and oxygen atoms in total. The Bertz CT molecular complexity index is 1000. The van der Waals surface area contributed by atoms with E-state index in [4.69, 9.17) is 4.74 Å². The van der Waals surface area contributed by atoms with E-state index in [0.717, 1.165) is 4.90 Å². The molecule has 2 aromatic rings. The van der Waals surface area contributed by atoms with Crippen LogP contribution in [0, 0.1) is 11.7 Å². The molecule has 0 aromatic heterocycles. The van der Waals surface area contributed by atoms with Gasteiger partial charge in [0.15, 0.2) is 6.10 Å². The van der Waals surface area contributed by atoms with Crippen LogP contribution in [0.1, 0.15) is 53.5 Å². The molecular formula is C24H25FN2O5. The van der Waals surface area contributed by atoms with Gasteiger partial charge >= 0.3 is 5.97 Å². The maximum absolute atomic E-state index is 13.0. The number of halogens is 1. The van der Waals surface area contributed by atoms with E-state index in [1.54, 1.807) is 24.3 Å². The van der Waals surface area contributed by atoms with E-state index in [1.807, 2.05) is 13.8 Å². The van der Waals surface area contributed by atoms with Crippen molar-refractivity contribution in [3.05, 3.63) is 71.0 Å². The topological polar surface area (TPSA) is 92.8 Å². The molecule has 32 heavy (non-hydrogen) atoms. The number of amides is 3. The molecule has 1 aliphatic rings. The number of carbonyl (C=O) groups is 4. The minimum atomic E-state index is -1.15. The molecule has 0 aliphatic carbocycles. The van der Waals surface area contributed by atoms with Crippen molar-refractivity contribution >= 4 is 23.7 Å². The number of carbonyl (C=O) groups excluding carboxylic acids is 4. The summed E-state index contributed by atoms with van der Waals surface area (Å²) in [5.74, 6) is -2.87. The van der Waals surface area contributed by atoms with Crippen LogP contribution in [0.25, 0.3) is 0 Å². The Kier molecular flexibility index (Phi) is 7.02. The SMILES string of the molecule is CC(C)CC(C(=O)OC(C)C(=O)NCc1ccc(F)cc1)N1C(=O)c2ccccc2C1=O. The molecule has 1 N–H and O–H groups in total. The highest BCUT2D eigenvalue weighted by molar-refractivity contribution is 6.22. The number of nitrogens with one attached hydrogen (secondary N) is 1. The molecule has 0 bridgehead atoms. The van der Waals surface area contributed by atoms with Crippen LogP contribution in [-0.4, -0.2) is 40.7 Å². The number of ether oxygens (including phenoxy) is 1. The maximum Gasteiger partial charge on any atom is 0.330 e. The van der Waals surface area contributed by atoms with Crippen molar-refractivity contribution < 1.29 is 28.3 Å². The van der Waals surface area contributed by atoms with E-state index in [2.05, 4.69) is 5.32 Å². The fourth-order valence-corrected chi connectivity index (χ4v) is 3.49. The van der Waals surface area contributed by atoms with Crippen LogP contribution in [0.15, 0.2) is 48.5 Å². The first-order valence-electron chi connectivity index (χ1n) is 10.4. The first kappa shape index (κ1) is 23.1. The van der Waals surface area contributed by atoms with Gasteiger partial charge in [-0.2, -0.15) is 0 Å². The summed E-state index contributed by atoms with van der Waals surface area (Å²) < 4.78 is 18.3. The van der Waals surface area contributed by atoms with Gasteiger partial charge in [-0.15, -0.1) is 0 Å². The van der Waals surface area contributed by atoms with Crippen molar-refractivity contribution in [1.82, 2.24) is 10.2 Å². The van der Waals surface area contributed by atoms with Crippen molar-refractivity contribution in [3.63, 3.8) is 0 Å². The Morgan fingerprint density at radius 1 is 0.969 bits per heavy atom. The van der Waals surface area contributed by atoms with Crippen LogP contribution in [-0.2, 0) is 20.9 Å². The van der Waals surface area contributed by atoms with Crippen LogP contribution in [0.3, 0.4) is 0 Å². The molecular weight excluding hydrogens is 415 g/mol. The molecule has 168 valence electrons. The lowest BCUT2D eigenvalue weighted by Gasteiger charge is -2.27. The molecule has 1 aliphatic heterocycles. The van der Waals surface area contributed by atoms with E-state index in [1.165, 1.54) is 31.2 Å². The monoisotopic (exact) mass is 440 g/mol. The zero-order chi connectivity index (χ0) is 23.4. The minimum absolute atomic E-state index is 0.0144. The second-order valence-electron chi connectivity index (χ2n) is 8.09. The Hall–Kier alpha value is -3.55. The van der Waals surface area contributed by atoms with E-state index in [9.17, 15) is 23.6 Å². The molecule has 0 radical (unpaired) electrons. The predicted octanol–water partition coefficient (Wildman–Crippen LogP) is 3.08. The third kappa shape index (κ3) is 5.01. The van der Waals surface area contributed by atoms with Gasteiger partial charge in [0.1, 0.15) is 11.9 Å². The summed E-state index contributed by atoms with van der Waals surface area (Å²) in [7, 11) is 0. The first-order chi connectivity index (χ1) is 15.2. The fraction of sp³-hybridized carbons (Fsp3) is 0.333. The smallest absolute Gasteiger partial charge is 0.330 e. The van der Waals surface area contributed by atoms with Crippen molar-refractivity contribution in [2.24, 2.45) is 5.92 Å². The van der Waals surface area contributed by atoms with Gasteiger partial charge in [0.25, 0.3) is 17.7 Å². The maximum atomic E-state index is 13.0. The zero-order valence-electron chi connectivity index (χ0n) is 18.1. The van der Waals surface area contributed by atoms with Gasteiger partial charge in [-0.25, -0.2) is 9.18 Å². The largest absolute Gasteiger partial charge is 0.451 e. The lowest BCUT2D eigenvalue weighted by atomic mass is 10.0. The average Bonchev–Trinajstić information content (AvgIpc) is 3.01. The van der Waals surface area contributed by atoms with Gasteiger partial charge in [0.2, 0.25) is 0 Å². The normalized spacial score (nSPS) is 14.8. The molecule has 8 heteroatoms. The van der Waals surface area contributed by atoms with Crippen LogP contribution >= 0.6 is 0 Å². The highest BCUT2D eigenvalue weighted by atomic mass is 19.1. The number of fused-ring (bicyclic) bond motifs is 1. The summed E-state index contributed by atoms with van der Waals surface area (Å²) in [4.78, 5) is 51.9. The summed E-state index contributed by atoms with van der Waals surface area (Å²) >= 11 is 0. The number of nitrogens with zero attached hydrogens (tertiary/aromatic N) is 1. The predicted molar refractivity (Wildman–Crippen MR) is 114 cm³/mol. The Morgan fingerprint density at radius 2 is 1.53 bits per heavy atom. The quantitative estimate of drug-likeness (QED) is 0.503. The summed E-state index contributed by atoms with van der Waals surface area (Å²) in [6.07, 6.45) is -0.943. The average molecular weight is 440 g/mol. The van der Waals surface area contributed by atoms with Crippen molar-refractivity contribution in [2.75, 3.05) is 0 Å². The summed E-state index contributed by atoms with van der Waals surface area (Å²) in [6.45, 7) is 5.26. The summed E-state index contributed by atoms with van der Waals surface area (Å²) in [5.41, 5.74) is 1.16. The fourth-order valence-electron chi connectivity index (χ4n) is 3.49. The number of imide groups is 1. The number of hydrogen-bond donors (Lipinski definition) is 1. The second-order valence-corrected chi connectivity index (χ2v) is 8.09. The molecule has 0 fully saturated rings. The molecule has 2 atom stereocenters. The molecule has 0 spiro atoms. The first-order valence-corrected chi connectivity index (χ1v) is 10.4. The van der Waals surface area contributed by atoms with Crippen LogP contribution in [0.5, 0.6) is 0 Å². The van der Waals surface area contributed by atoms with Crippen LogP contribution in [0.4, 0.5) is 4.39 Å². The van der Waals surface area contributed by atoms with Gasteiger partial charge in [-0.3, -0.25) is 19.3 Å². The Balaban J connectivity index is 1.68. The van der Waals surface area contributed by atoms with Gasteiger partial charge in [-0.1, -0.05) is 38.1 Å². The summed E-state index contributed by atoms with van der Waals surface area (Å²) in [5, 5.41) is 2.62. The highest BCUT2D eigenvalue weighted by Gasteiger charge is 2.44. The third-order valence-corrected chi connectivity index (χ3v) is 5.15. The van der Waals surface area contributed by atoms with Crippen molar-refractivity contribution in [2.45, 2.75) is 45.9 Å². The van der Waals surface area contributed by atoms with Gasteiger partial charge < -0.3 is 10.1 Å². The highest BCUT2D eigenvalue weighted by Crippen LogP contribution is 2.27. The lowest BCUT2D eigenvalue weighted by Crippen LogP contribution is -2.48. The molecule has 1 heterocycles. The number of rotatable bonds is 8. The zero-order valence-corrected chi connectivity index (χ0v) is 18.1. The number of benzene rings is 2. The lowest BCUT2D eigenvalue weighted by molar-refractivity contribution is -0.159. The molecule has 3 rings (SSSR count). The van der Waals surface area contributed by atoms with Crippen molar-refractivity contribution in [1.29, 1.82) is 0 Å². The van der Waals surface area contributed by atoms with E-state index in [0.29, 0.717) is 5.56 Å². The molecule has 0 saturated heterocycles. The minimum Gasteiger partial charge on any atom is -0.451 e. The molecule has 3 amide bonds. The van der Waals surface area contributed by atoms with Gasteiger partial charge in [-0.05, 0) is 49.1 Å². The van der Waals surface area contributed by atoms with E-state index < -0.39 is 35.8 Å². The second kappa shape index (κ2) is 9.72. The van der Waals surface area contributed by atoms with E-state index >= 15 is 0 Å². The van der Waals surface area contributed by atoms with Crippen LogP contribution < -0.4 is 5.32 Å². The molecule has 2 unspecified atom stereocenters. The van der Waals surface area contributed by atoms with Crippen molar-refractivity contribution in [3.8, 4) is 0 Å². The third-order valence-electron chi connectivity index (χ3n) is 5.15. The van der Waals surface area contributed by atoms with Gasteiger partial charge in [0, 0.05) is 6.54 Å². The van der Waals surface area contributed by atoms with Crippen LogP contribution in [0.2, 0.25) is 0 Å². The Labute approximate surface area is 185 Å². The Morgan fingerprint density at radius 3 is 2.06 bits per heavy atom.